The molecule has 1 amide bonds. The van der Waals surface area contributed by atoms with E-state index >= 15 is 0 Å². The second-order valence-corrected chi connectivity index (χ2v) is 3.96. The van der Waals surface area contributed by atoms with Crippen LogP contribution in [0, 0.1) is 5.92 Å². The Labute approximate surface area is 96.5 Å². The molecule has 16 heavy (non-hydrogen) atoms. The standard InChI is InChI=1S/C13H19NO2/c1-3-10(2)13(16)14-12(9-15)11-7-5-4-6-8-11/h4-8,10,12,15H,3,9H2,1-2H3,(H,14,16)/t10-,12+/m1/s1. The third-order valence-corrected chi connectivity index (χ3v) is 2.76. The lowest BCUT2D eigenvalue weighted by atomic mass is 10.0. The quantitative estimate of drug-likeness (QED) is 0.797. The highest BCUT2D eigenvalue weighted by Crippen LogP contribution is 2.13. The van der Waals surface area contributed by atoms with Crippen molar-refractivity contribution in [1.29, 1.82) is 0 Å². The Hall–Kier alpha value is -1.35. The van der Waals surface area contributed by atoms with Crippen LogP contribution < -0.4 is 5.32 Å². The van der Waals surface area contributed by atoms with Crippen LogP contribution in [0.25, 0.3) is 0 Å². The summed E-state index contributed by atoms with van der Waals surface area (Å²) in [6.07, 6.45) is 0.804. The summed E-state index contributed by atoms with van der Waals surface area (Å²) in [5.41, 5.74) is 0.932. The second-order valence-electron chi connectivity index (χ2n) is 3.96. The van der Waals surface area contributed by atoms with Crippen molar-refractivity contribution >= 4 is 5.91 Å². The SMILES string of the molecule is CC[C@@H](C)C(=O)N[C@@H](CO)c1ccccc1. The average molecular weight is 221 g/mol. The van der Waals surface area contributed by atoms with Crippen molar-refractivity contribution in [2.75, 3.05) is 6.61 Å². The van der Waals surface area contributed by atoms with Gasteiger partial charge in [0.05, 0.1) is 12.6 Å². The maximum Gasteiger partial charge on any atom is 0.223 e. The molecule has 0 bridgehead atoms. The Balaban J connectivity index is 2.66. The Bertz CT molecular complexity index is 324. The average Bonchev–Trinajstić information content (AvgIpc) is 2.35. The van der Waals surface area contributed by atoms with Crippen molar-refractivity contribution in [2.24, 2.45) is 5.92 Å². The van der Waals surface area contributed by atoms with Gasteiger partial charge in [0, 0.05) is 5.92 Å². The van der Waals surface area contributed by atoms with Gasteiger partial charge in [-0.05, 0) is 12.0 Å². The van der Waals surface area contributed by atoms with Gasteiger partial charge in [0.25, 0.3) is 0 Å². The lowest BCUT2D eigenvalue weighted by Crippen LogP contribution is -2.34. The smallest absolute Gasteiger partial charge is 0.223 e. The first-order valence-corrected chi connectivity index (χ1v) is 5.65. The van der Waals surface area contributed by atoms with Gasteiger partial charge in [-0.2, -0.15) is 0 Å². The highest BCUT2D eigenvalue weighted by Gasteiger charge is 2.16. The molecule has 0 fully saturated rings. The number of aliphatic hydroxyl groups is 1. The van der Waals surface area contributed by atoms with E-state index in [1.54, 1.807) is 0 Å². The molecular weight excluding hydrogens is 202 g/mol. The zero-order valence-electron chi connectivity index (χ0n) is 9.81. The van der Waals surface area contributed by atoms with Crippen molar-refractivity contribution in [3.05, 3.63) is 35.9 Å². The van der Waals surface area contributed by atoms with Crippen molar-refractivity contribution in [3.63, 3.8) is 0 Å². The molecule has 0 spiro atoms. The number of benzene rings is 1. The number of carbonyl (C=O) groups is 1. The van der Waals surface area contributed by atoms with Crippen LogP contribution in [0.3, 0.4) is 0 Å². The first-order chi connectivity index (χ1) is 7.69. The summed E-state index contributed by atoms with van der Waals surface area (Å²) in [6, 6.07) is 9.20. The lowest BCUT2D eigenvalue weighted by molar-refractivity contribution is -0.125. The van der Waals surface area contributed by atoms with Crippen LogP contribution in [0.15, 0.2) is 30.3 Å². The fraction of sp³-hybridized carbons (Fsp3) is 0.462. The highest BCUT2D eigenvalue weighted by molar-refractivity contribution is 5.78. The molecule has 0 aliphatic heterocycles. The Morgan fingerprint density at radius 1 is 1.38 bits per heavy atom. The van der Waals surface area contributed by atoms with E-state index in [1.165, 1.54) is 0 Å². The van der Waals surface area contributed by atoms with E-state index < -0.39 is 0 Å². The number of rotatable bonds is 5. The zero-order chi connectivity index (χ0) is 12.0. The molecular formula is C13H19NO2. The fourth-order valence-corrected chi connectivity index (χ4v) is 1.42. The molecule has 88 valence electrons. The van der Waals surface area contributed by atoms with Crippen molar-refractivity contribution in [2.45, 2.75) is 26.3 Å². The van der Waals surface area contributed by atoms with Gasteiger partial charge in [-0.15, -0.1) is 0 Å². The predicted octanol–water partition coefficient (Wildman–Crippen LogP) is 1.88. The van der Waals surface area contributed by atoms with Crippen LogP contribution in [0.2, 0.25) is 0 Å². The molecule has 0 unspecified atom stereocenters. The maximum atomic E-state index is 11.7. The van der Waals surface area contributed by atoms with Crippen molar-refractivity contribution in [1.82, 2.24) is 5.32 Å². The molecule has 2 N–H and O–H groups in total. The normalized spacial score (nSPS) is 14.2. The monoisotopic (exact) mass is 221 g/mol. The minimum Gasteiger partial charge on any atom is -0.394 e. The van der Waals surface area contributed by atoms with Gasteiger partial charge in [0.2, 0.25) is 5.91 Å². The summed E-state index contributed by atoms with van der Waals surface area (Å²) in [4.78, 5) is 11.7. The van der Waals surface area contributed by atoms with Gasteiger partial charge < -0.3 is 10.4 Å². The molecule has 0 aromatic heterocycles. The van der Waals surface area contributed by atoms with Crippen LogP contribution in [0.5, 0.6) is 0 Å². The van der Waals surface area contributed by atoms with E-state index in [9.17, 15) is 9.90 Å². The number of hydrogen-bond donors (Lipinski definition) is 2. The van der Waals surface area contributed by atoms with Crippen LogP contribution in [-0.2, 0) is 4.79 Å². The van der Waals surface area contributed by atoms with E-state index in [-0.39, 0.29) is 24.5 Å². The van der Waals surface area contributed by atoms with Crippen molar-refractivity contribution in [3.8, 4) is 0 Å². The van der Waals surface area contributed by atoms with Gasteiger partial charge in [0.1, 0.15) is 0 Å². The van der Waals surface area contributed by atoms with Gasteiger partial charge in [-0.1, -0.05) is 44.2 Å². The zero-order valence-corrected chi connectivity index (χ0v) is 9.81. The summed E-state index contributed by atoms with van der Waals surface area (Å²) in [5.74, 6) is -0.0248. The molecule has 0 heterocycles. The Kier molecular flexibility index (Phi) is 4.99. The Morgan fingerprint density at radius 2 is 2.00 bits per heavy atom. The van der Waals surface area contributed by atoms with E-state index in [0.717, 1.165) is 12.0 Å². The molecule has 1 aromatic rings. The fourth-order valence-electron chi connectivity index (χ4n) is 1.42. The number of nitrogens with one attached hydrogen (secondary N) is 1. The molecule has 0 saturated heterocycles. The molecule has 1 rings (SSSR count). The van der Waals surface area contributed by atoms with Crippen LogP contribution >= 0.6 is 0 Å². The third-order valence-electron chi connectivity index (χ3n) is 2.76. The lowest BCUT2D eigenvalue weighted by Gasteiger charge is -2.19. The van der Waals surface area contributed by atoms with E-state index in [1.807, 2.05) is 44.2 Å². The highest BCUT2D eigenvalue weighted by atomic mass is 16.3. The van der Waals surface area contributed by atoms with E-state index in [0.29, 0.717) is 0 Å². The van der Waals surface area contributed by atoms with Gasteiger partial charge in [0.15, 0.2) is 0 Å². The number of aliphatic hydroxyl groups excluding tert-OH is 1. The largest absolute Gasteiger partial charge is 0.394 e. The molecule has 0 aliphatic carbocycles. The van der Waals surface area contributed by atoms with Crippen LogP contribution in [0.4, 0.5) is 0 Å². The number of carbonyl (C=O) groups excluding carboxylic acids is 1. The summed E-state index contributed by atoms with van der Waals surface area (Å²) in [5, 5.41) is 12.1. The third kappa shape index (κ3) is 3.35. The number of hydrogen-bond acceptors (Lipinski definition) is 2. The first-order valence-electron chi connectivity index (χ1n) is 5.65. The van der Waals surface area contributed by atoms with Gasteiger partial charge in [-0.3, -0.25) is 4.79 Å². The molecule has 2 atom stereocenters. The predicted molar refractivity (Wildman–Crippen MR) is 63.9 cm³/mol. The molecule has 0 aliphatic rings. The summed E-state index contributed by atoms with van der Waals surface area (Å²) in [7, 11) is 0. The van der Waals surface area contributed by atoms with Gasteiger partial charge >= 0.3 is 0 Å². The second kappa shape index (κ2) is 6.28. The number of amides is 1. The minimum absolute atomic E-state index is 0.00889. The summed E-state index contributed by atoms with van der Waals surface area (Å²) < 4.78 is 0. The molecule has 0 radical (unpaired) electrons. The van der Waals surface area contributed by atoms with Crippen LogP contribution in [-0.4, -0.2) is 17.6 Å². The van der Waals surface area contributed by atoms with Crippen molar-refractivity contribution < 1.29 is 9.90 Å². The summed E-state index contributed by atoms with van der Waals surface area (Å²) >= 11 is 0. The maximum absolute atomic E-state index is 11.7. The molecule has 3 nitrogen and oxygen atoms in total. The molecule has 1 aromatic carbocycles. The minimum atomic E-state index is -0.303. The van der Waals surface area contributed by atoms with Gasteiger partial charge in [-0.25, -0.2) is 0 Å². The Morgan fingerprint density at radius 3 is 2.50 bits per heavy atom. The summed E-state index contributed by atoms with van der Waals surface area (Å²) in [6.45, 7) is 3.78. The topological polar surface area (TPSA) is 49.3 Å². The molecule has 0 saturated carbocycles. The van der Waals surface area contributed by atoms with E-state index in [4.69, 9.17) is 0 Å². The first kappa shape index (κ1) is 12.7. The van der Waals surface area contributed by atoms with Crippen LogP contribution in [0.1, 0.15) is 31.9 Å². The van der Waals surface area contributed by atoms with E-state index in [2.05, 4.69) is 5.32 Å². The molecule has 3 heteroatoms.